The maximum absolute atomic E-state index is 13.6. The van der Waals surface area contributed by atoms with Gasteiger partial charge in [0, 0.05) is 6.54 Å². The van der Waals surface area contributed by atoms with Crippen LogP contribution in [0.3, 0.4) is 0 Å². The first-order valence-corrected chi connectivity index (χ1v) is 22.2. The summed E-state index contributed by atoms with van der Waals surface area (Å²) in [5.41, 5.74) is 16.3. The molecule has 0 unspecified atom stereocenters. The molecule has 1 fully saturated rings. The Morgan fingerprint density at radius 1 is 0.642 bits per heavy atom. The van der Waals surface area contributed by atoms with Gasteiger partial charge in [-0.05, 0) is 84.7 Å². The Morgan fingerprint density at radius 3 is 1.69 bits per heavy atom. The SMILES string of the molecule is CC[C@H](C)[C@H](NC(=O)[C@H](C)NC(=O)[C@H](C)NC(=O)CNC(=O)[C@H](C)NC(=O)[C@@H]1CCCN1)C(=O)N[C@@H](CO)C(=O)N[C@@H](CCCCN)C(=O)N[C@@H](CCCN=C(N)N)C(=O)N[C@@H](CO)C(=O)O. The van der Waals surface area contributed by atoms with Crippen LogP contribution in [0.5, 0.6) is 0 Å². The van der Waals surface area contributed by atoms with E-state index in [-0.39, 0.29) is 44.2 Å². The number of guanidine groups is 1. The average molecular weight is 957 g/mol. The van der Waals surface area contributed by atoms with E-state index >= 15 is 0 Å². The molecule has 0 aliphatic carbocycles. The van der Waals surface area contributed by atoms with Crippen molar-refractivity contribution in [2.24, 2.45) is 28.1 Å². The topological polar surface area (TPSA) is 442 Å². The van der Waals surface area contributed by atoms with Crippen molar-refractivity contribution in [1.82, 2.24) is 53.2 Å². The van der Waals surface area contributed by atoms with Crippen LogP contribution in [-0.2, 0) is 47.9 Å². The minimum atomic E-state index is -1.70. The summed E-state index contributed by atoms with van der Waals surface area (Å²) in [5.74, 6) is -9.42. The fourth-order valence-electron chi connectivity index (χ4n) is 6.34. The zero-order valence-electron chi connectivity index (χ0n) is 38.8. The average Bonchev–Trinajstić information content (AvgIpc) is 3.83. The number of carboxylic acid groups (broad SMARTS) is 1. The van der Waals surface area contributed by atoms with Gasteiger partial charge in [0.05, 0.1) is 25.8 Å². The molecular formula is C40H72N14O13. The van der Waals surface area contributed by atoms with Crippen molar-refractivity contribution in [2.75, 3.05) is 39.4 Å². The van der Waals surface area contributed by atoms with Gasteiger partial charge in [-0.15, -0.1) is 0 Å². The highest BCUT2D eigenvalue weighted by Gasteiger charge is 2.34. The number of rotatable bonds is 31. The maximum atomic E-state index is 13.6. The van der Waals surface area contributed by atoms with Gasteiger partial charge >= 0.3 is 5.97 Å². The maximum Gasteiger partial charge on any atom is 0.328 e. The number of nitrogens with zero attached hydrogens (tertiary/aromatic N) is 1. The molecule has 19 N–H and O–H groups in total. The molecule has 27 heteroatoms. The number of aliphatic hydroxyl groups excluding tert-OH is 2. The minimum Gasteiger partial charge on any atom is -0.480 e. The molecule has 0 saturated carbocycles. The van der Waals surface area contributed by atoms with E-state index in [4.69, 9.17) is 17.2 Å². The summed E-state index contributed by atoms with van der Waals surface area (Å²) in [6, 6.07) is -11.2. The predicted octanol–water partition coefficient (Wildman–Crippen LogP) is -6.91. The number of amides is 9. The van der Waals surface area contributed by atoms with Crippen LogP contribution in [-0.4, -0.2) is 174 Å². The molecule has 0 bridgehead atoms. The van der Waals surface area contributed by atoms with Gasteiger partial charge in [-0.2, -0.15) is 0 Å². The Balaban J connectivity index is 2.99. The van der Waals surface area contributed by atoms with Crippen LogP contribution in [0, 0.1) is 5.92 Å². The van der Waals surface area contributed by atoms with Crippen LogP contribution in [0.25, 0.3) is 0 Å². The zero-order valence-corrected chi connectivity index (χ0v) is 38.8. The van der Waals surface area contributed by atoms with Crippen molar-refractivity contribution in [1.29, 1.82) is 0 Å². The molecule has 27 nitrogen and oxygen atoms in total. The van der Waals surface area contributed by atoms with Gasteiger partial charge in [-0.3, -0.25) is 48.1 Å². The fourth-order valence-corrected chi connectivity index (χ4v) is 6.34. The van der Waals surface area contributed by atoms with Crippen molar-refractivity contribution in [3.05, 3.63) is 0 Å². The summed E-state index contributed by atoms with van der Waals surface area (Å²) in [4.78, 5) is 133. The summed E-state index contributed by atoms with van der Waals surface area (Å²) >= 11 is 0. The molecule has 0 aromatic heterocycles. The first-order valence-electron chi connectivity index (χ1n) is 22.2. The Hall–Kier alpha value is -6.19. The van der Waals surface area contributed by atoms with E-state index in [1.807, 2.05) is 0 Å². The molecule has 1 aliphatic rings. The summed E-state index contributed by atoms with van der Waals surface area (Å²) in [7, 11) is 0. The molecule has 1 aliphatic heterocycles. The van der Waals surface area contributed by atoms with E-state index in [1.165, 1.54) is 20.8 Å². The normalized spacial score (nSPS) is 17.2. The number of carboxylic acids is 1. The number of aliphatic hydroxyl groups is 2. The molecule has 1 rings (SSSR count). The number of hydrogen-bond donors (Lipinski definition) is 16. The van der Waals surface area contributed by atoms with Gasteiger partial charge in [0.15, 0.2) is 5.96 Å². The molecule has 380 valence electrons. The molecule has 9 amide bonds. The standard InChI is InChI=1S/C40H72N14O13/c1-6-20(2)30(54-33(60)23(5)48-32(59)22(4)47-29(57)17-46-31(58)21(3)49-34(61)24-12-9-15-44-24)38(65)52-27(18-55)37(64)51-25(11-7-8-14-41)35(62)50-26(13-10-16-45-40(42)43)36(63)53-28(19-56)39(66)67/h20-28,30,44,55-56H,6-19,41H2,1-5H3,(H,46,58)(H,47,57)(H,48,59)(H,49,61)(H,50,62)(H,51,64)(H,52,65)(H,53,63)(H,54,60)(H,66,67)(H4,42,43,45)/t20-,21-,22-,23-,24-,25-,26-,27-,28-,30-/m0/s1. The summed E-state index contributed by atoms with van der Waals surface area (Å²) < 4.78 is 0. The lowest BCUT2D eigenvalue weighted by Gasteiger charge is -2.28. The smallest absolute Gasteiger partial charge is 0.328 e. The molecular weight excluding hydrogens is 885 g/mol. The molecule has 0 radical (unpaired) electrons. The molecule has 67 heavy (non-hydrogen) atoms. The van der Waals surface area contributed by atoms with Gasteiger partial charge in [0.25, 0.3) is 0 Å². The van der Waals surface area contributed by atoms with Gasteiger partial charge in [-0.1, -0.05) is 20.3 Å². The highest BCUT2D eigenvalue weighted by atomic mass is 16.4. The number of nitrogens with one attached hydrogen (secondary N) is 10. The van der Waals surface area contributed by atoms with Gasteiger partial charge in [-0.25, -0.2) is 4.79 Å². The molecule has 1 saturated heterocycles. The van der Waals surface area contributed by atoms with Crippen LogP contribution >= 0.6 is 0 Å². The lowest BCUT2D eigenvalue weighted by atomic mass is 9.97. The quantitative estimate of drug-likeness (QED) is 0.0174. The third-order valence-corrected chi connectivity index (χ3v) is 10.6. The lowest BCUT2D eigenvalue weighted by Crippen LogP contribution is -2.61. The molecule has 10 atom stereocenters. The monoisotopic (exact) mass is 957 g/mol. The Kier molecular flexibility index (Phi) is 27.1. The number of hydrogen-bond acceptors (Lipinski definition) is 15. The first kappa shape index (κ1) is 58.8. The van der Waals surface area contributed by atoms with E-state index in [0.717, 1.165) is 6.42 Å². The summed E-state index contributed by atoms with van der Waals surface area (Å²) in [6.07, 6.45) is 2.54. The Bertz CT molecular complexity index is 1730. The van der Waals surface area contributed by atoms with Gasteiger partial charge in [0.1, 0.15) is 48.3 Å². The van der Waals surface area contributed by atoms with Crippen LogP contribution in [0.4, 0.5) is 0 Å². The number of carbonyl (C=O) groups is 10. The highest BCUT2D eigenvalue weighted by Crippen LogP contribution is 2.11. The van der Waals surface area contributed by atoms with E-state index < -0.39 is 133 Å². The summed E-state index contributed by atoms with van der Waals surface area (Å²) in [5, 5.41) is 53.7. The lowest BCUT2D eigenvalue weighted by molar-refractivity contribution is -0.143. The van der Waals surface area contributed by atoms with Gasteiger partial charge in [0.2, 0.25) is 53.2 Å². The number of nitrogens with two attached hydrogens (primary N) is 3. The van der Waals surface area contributed by atoms with Gasteiger partial charge < -0.3 is 85.7 Å². The second-order valence-electron chi connectivity index (χ2n) is 16.2. The zero-order chi connectivity index (χ0) is 50.8. The first-order chi connectivity index (χ1) is 31.6. The van der Waals surface area contributed by atoms with Crippen molar-refractivity contribution >= 4 is 65.1 Å². The second-order valence-corrected chi connectivity index (χ2v) is 16.2. The predicted molar refractivity (Wildman–Crippen MR) is 241 cm³/mol. The highest BCUT2D eigenvalue weighted by molar-refractivity contribution is 5.98. The Morgan fingerprint density at radius 2 is 1.16 bits per heavy atom. The minimum absolute atomic E-state index is 0.0235. The van der Waals surface area contributed by atoms with Crippen LogP contribution in [0.15, 0.2) is 4.99 Å². The number of aliphatic carboxylic acids is 1. The van der Waals surface area contributed by atoms with Crippen molar-refractivity contribution in [2.45, 2.75) is 140 Å². The van der Waals surface area contributed by atoms with Crippen molar-refractivity contribution < 1.29 is 63.3 Å². The van der Waals surface area contributed by atoms with Crippen LogP contribution in [0.1, 0.15) is 86.0 Å². The Labute approximate surface area is 388 Å². The van der Waals surface area contributed by atoms with Crippen LogP contribution in [0.2, 0.25) is 0 Å². The van der Waals surface area contributed by atoms with E-state index in [9.17, 15) is 63.3 Å². The van der Waals surface area contributed by atoms with E-state index in [0.29, 0.717) is 32.2 Å². The molecule has 0 spiro atoms. The number of carbonyl (C=O) groups excluding carboxylic acids is 9. The van der Waals surface area contributed by atoms with Crippen molar-refractivity contribution in [3.8, 4) is 0 Å². The number of aliphatic imine (C=N–C) groups is 1. The fraction of sp³-hybridized carbons (Fsp3) is 0.725. The van der Waals surface area contributed by atoms with E-state index in [2.05, 4.69) is 58.2 Å². The third kappa shape index (κ3) is 21.8. The third-order valence-electron chi connectivity index (χ3n) is 10.6. The van der Waals surface area contributed by atoms with E-state index in [1.54, 1.807) is 13.8 Å². The van der Waals surface area contributed by atoms with Crippen molar-refractivity contribution in [3.63, 3.8) is 0 Å². The molecule has 0 aromatic carbocycles. The second kappa shape index (κ2) is 30.9. The summed E-state index contributed by atoms with van der Waals surface area (Å²) in [6.45, 7) is 5.99. The van der Waals surface area contributed by atoms with Crippen LogP contribution < -0.4 is 70.4 Å². The number of unbranched alkanes of at least 4 members (excludes halogenated alkanes) is 1. The largest absolute Gasteiger partial charge is 0.480 e. The molecule has 0 aromatic rings. The molecule has 1 heterocycles.